The molecule has 1 fully saturated rings. The summed E-state index contributed by atoms with van der Waals surface area (Å²) in [7, 11) is -10.5. The normalized spacial score (nSPS) is 25.5. The van der Waals surface area contributed by atoms with Crippen LogP contribution in [-0.2, 0) is 28.5 Å². The Bertz CT molecular complexity index is 1080. The van der Waals surface area contributed by atoms with Crippen molar-refractivity contribution in [2.75, 3.05) is 6.61 Å². The van der Waals surface area contributed by atoms with Gasteiger partial charge in [0.05, 0.1) is 6.61 Å². The third kappa shape index (κ3) is 6.80. The number of rotatable bonds is 9. The van der Waals surface area contributed by atoms with E-state index in [0.29, 0.717) is 10.8 Å². The number of phosphoric ester groups is 1. The smallest absolute Gasteiger partial charge is 0.387 e. The first kappa shape index (κ1) is 25.2. The Balaban J connectivity index is 1.64. The topological polar surface area (TPSA) is 198 Å². The summed E-state index contributed by atoms with van der Waals surface area (Å²) in [6.07, 6.45) is -4.73. The van der Waals surface area contributed by atoms with Crippen LogP contribution in [0.25, 0.3) is 0 Å². The highest BCUT2D eigenvalue weighted by molar-refractivity contribution is 7.98. The second-order valence-electron chi connectivity index (χ2n) is 6.61. The van der Waals surface area contributed by atoms with Gasteiger partial charge in [0.25, 0.3) is 0 Å². The molecule has 32 heavy (non-hydrogen) atoms. The summed E-state index contributed by atoms with van der Waals surface area (Å²) in [6.45, 7) is -0.865. The predicted molar refractivity (Wildman–Crippen MR) is 109 cm³/mol. The van der Waals surface area contributed by atoms with Crippen LogP contribution in [0.2, 0.25) is 0 Å². The first-order valence-electron chi connectivity index (χ1n) is 8.97. The Morgan fingerprint density at radius 3 is 2.41 bits per heavy atom. The Kier molecular flexibility index (Phi) is 8.07. The quantitative estimate of drug-likeness (QED) is 0.176. The maximum Gasteiger partial charge on any atom is 0.481 e. The van der Waals surface area contributed by atoms with Crippen LogP contribution in [0.3, 0.4) is 0 Å². The third-order valence-corrected chi connectivity index (χ3v) is 7.41. The highest BCUT2D eigenvalue weighted by Crippen LogP contribution is 2.57. The zero-order valence-electron chi connectivity index (χ0n) is 16.1. The van der Waals surface area contributed by atoms with E-state index in [2.05, 4.69) is 13.8 Å². The number of benzene rings is 1. The lowest BCUT2D eigenvalue weighted by molar-refractivity contribution is -0.0543. The molecule has 0 amide bonds. The minimum Gasteiger partial charge on any atom is -0.387 e. The van der Waals surface area contributed by atoms with Gasteiger partial charge in [0, 0.05) is 11.9 Å². The number of hydrogen-bond acceptors (Lipinski definition) is 10. The molecule has 2 aromatic rings. The van der Waals surface area contributed by atoms with Gasteiger partial charge in [-0.1, -0.05) is 30.3 Å². The Hall–Kier alpha value is -1.41. The molecule has 1 aliphatic rings. The van der Waals surface area contributed by atoms with Crippen LogP contribution in [0.5, 0.6) is 0 Å². The number of aliphatic hydroxyl groups excluding tert-OH is 2. The number of aliphatic hydroxyl groups is 2. The number of hydrogen-bond donors (Lipinski definition) is 5. The monoisotopic (exact) mass is 510 g/mol. The summed E-state index contributed by atoms with van der Waals surface area (Å²) in [4.78, 5) is 42.8. The van der Waals surface area contributed by atoms with E-state index >= 15 is 0 Å². The summed E-state index contributed by atoms with van der Waals surface area (Å²) < 4.78 is 36.6. The lowest BCUT2D eigenvalue weighted by Gasteiger charge is -2.18. The van der Waals surface area contributed by atoms with Crippen molar-refractivity contribution >= 4 is 27.4 Å². The van der Waals surface area contributed by atoms with Crippen LogP contribution in [0.1, 0.15) is 11.8 Å². The first-order valence-corrected chi connectivity index (χ1v) is 13.0. The van der Waals surface area contributed by atoms with Crippen molar-refractivity contribution in [2.45, 2.75) is 35.3 Å². The minimum atomic E-state index is -5.32. The molecule has 0 saturated carbocycles. The van der Waals surface area contributed by atoms with Gasteiger partial charge in [-0.05, 0) is 11.6 Å². The molecule has 1 unspecified atom stereocenters. The molecule has 2 heterocycles. The van der Waals surface area contributed by atoms with Crippen molar-refractivity contribution in [1.82, 2.24) is 9.55 Å². The third-order valence-electron chi connectivity index (χ3n) is 4.26. The van der Waals surface area contributed by atoms with E-state index in [4.69, 9.17) is 14.5 Å². The molecule has 13 nitrogen and oxygen atoms in total. The van der Waals surface area contributed by atoms with Gasteiger partial charge in [-0.2, -0.15) is 9.29 Å². The van der Waals surface area contributed by atoms with Crippen LogP contribution in [0.4, 0.5) is 0 Å². The standard InChI is InChI=1S/C16H20N2O11P2S/c19-13-11(8-27-31(25,26)29-30(22,23)24)28-15(14(13)20)18-7-6-12(17-16(18)21)32-9-10-4-2-1-3-5-10/h1-7,11,13-15,19-20H,8-9H2,(H,25,26)(H2,22,23,24)/t11-,13-,14-,15-/m1/s1. The zero-order valence-corrected chi connectivity index (χ0v) is 18.8. The van der Waals surface area contributed by atoms with Crippen molar-refractivity contribution in [2.24, 2.45) is 0 Å². The maximum absolute atomic E-state index is 12.4. The Morgan fingerprint density at radius 1 is 1.09 bits per heavy atom. The molecule has 0 aliphatic carbocycles. The van der Waals surface area contributed by atoms with Crippen molar-refractivity contribution < 1.29 is 47.6 Å². The van der Waals surface area contributed by atoms with Crippen molar-refractivity contribution in [3.63, 3.8) is 0 Å². The van der Waals surface area contributed by atoms with E-state index < -0.39 is 52.5 Å². The van der Waals surface area contributed by atoms with Gasteiger partial charge >= 0.3 is 21.3 Å². The first-order chi connectivity index (χ1) is 15.0. The number of aromatic nitrogens is 2. The average Bonchev–Trinajstić information content (AvgIpc) is 2.98. The average molecular weight is 510 g/mol. The minimum absolute atomic E-state index is 0.429. The molecule has 0 bridgehead atoms. The second kappa shape index (κ2) is 10.2. The lowest BCUT2D eigenvalue weighted by atomic mass is 10.1. The van der Waals surface area contributed by atoms with E-state index in [0.717, 1.165) is 10.1 Å². The molecular weight excluding hydrogens is 490 g/mol. The molecular formula is C16H20N2O11P2S. The Labute approximate surface area is 185 Å². The number of phosphoric acid groups is 2. The molecule has 1 saturated heterocycles. The van der Waals surface area contributed by atoms with Gasteiger partial charge in [-0.15, -0.1) is 11.8 Å². The molecule has 176 valence electrons. The van der Waals surface area contributed by atoms with E-state index in [1.165, 1.54) is 24.0 Å². The number of ether oxygens (including phenoxy) is 1. The van der Waals surface area contributed by atoms with Crippen molar-refractivity contribution in [3.8, 4) is 0 Å². The van der Waals surface area contributed by atoms with Gasteiger partial charge in [-0.25, -0.2) is 13.9 Å². The van der Waals surface area contributed by atoms with Crippen LogP contribution >= 0.6 is 27.4 Å². The highest BCUT2D eigenvalue weighted by Gasteiger charge is 2.45. The van der Waals surface area contributed by atoms with Gasteiger partial charge in [0.2, 0.25) is 0 Å². The molecule has 1 aromatic heterocycles. The van der Waals surface area contributed by atoms with Crippen molar-refractivity contribution in [3.05, 3.63) is 58.6 Å². The summed E-state index contributed by atoms with van der Waals surface area (Å²) in [6, 6.07) is 11.0. The van der Waals surface area contributed by atoms with E-state index in [9.17, 15) is 29.0 Å². The number of nitrogens with zero attached hydrogens (tertiary/aromatic N) is 2. The largest absolute Gasteiger partial charge is 0.481 e. The zero-order chi connectivity index (χ0) is 23.5. The molecule has 5 N–H and O–H groups in total. The fourth-order valence-electron chi connectivity index (χ4n) is 2.82. The van der Waals surface area contributed by atoms with Gasteiger partial charge in [-0.3, -0.25) is 9.09 Å². The Morgan fingerprint density at radius 2 is 1.78 bits per heavy atom. The molecule has 5 atom stereocenters. The van der Waals surface area contributed by atoms with E-state index in [-0.39, 0.29) is 0 Å². The predicted octanol–water partition coefficient (Wildman–Crippen LogP) is 0.381. The van der Waals surface area contributed by atoms with E-state index in [1.54, 1.807) is 0 Å². The van der Waals surface area contributed by atoms with Crippen LogP contribution in [0.15, 0.2) is 52.4 Å². The fourth-order valence-corrected chi connectivity index (χ4v) is 5.23. The van der Waals surface area contributed by atoms with Gasteiger partial charge in [0.15, 0.2) is 6.23 Å². The van der Waals surface area contributed by atoms with Gasteiger partial charge < -0.3 is 29.6 Å². The SMILES string of the molecule is O=c1nc(SCc2ccccc2)ccn1[C@@H]1O[C@H](COP(=O)(O)OP(=O)(O)O)[C@@H](O)[C@H]1O. The van der Waals surface area contributed by atoms with Crippen LogP contribution in [0, 0.1) is 0 Å². The van der Waals surface area contributed by atoms with Crippen LogP contribution < -0.4 is 5.69 Å². The molecule has 1 aromatic carbocycles. The number of thioether (sulfide) groups is 1. The fraction of sp³-hybridized carbons (Fsp3) is 0.375. The molecule has 3 rings (SSSR count). The molecule has 1 aliphatic heterocycles. The molecule has 0 radical (unpaired) electrons. The summed E-state index contributed by atoms with van der Waals surface area (Å²) in [5.74, 6) is 0.579. The van der Waals surface area contributed by atoms with Crippen LogP contribution in [-0.4, -0.2) is 59.4 Å². The van der Waals surface area contributed by atoms with Gasteiger partial charge in [0.1, 0.15) is 23.3 Å². The maximum atomic E-state index is 12.4. The van der Waals surface area contributed by atoms with Crippen molar-refractivity contribution in [1.29, 1.82) is 0 Å². The highest BCUT2D eigenvalue weighted by atomic mass is 32.2. The summed E-state index contributed by atoms with van der Waals surface area (Å²) >= 11 is 1.32. The molecule has 16 heteroatoms. The summed E-state index contributed by atoms with van der Waals surface area (Å²) in [5, 5.41) is 20.8. The lowest BCUT2D eigenvalue weighted by Crippen LogP contribution is -2.36. The molecule has 0 spiro atoms. The summed E-state index contributed by atoms with van der Waals surface area (Å²) in [5.41, 5.74) is 0.270. The second-order valence-corrected chi connectivity index (χ2v) is 10.4. The van der Waals surface area contributed by atoms with E-state index in [1.807, 2.05) is 30.3 Å².